The molecule has 208 valence electrons. The van der Waals surface area contributed by atoms with Gasteiger partial charge in [0, 0.05) is 44.4 Å². The summed E-state index contributed by atoms with van der Waals surface area (Å²) in [4.78, 5) is 42.1. The van der Waals surface area contributed by atoms with Gasteiger partial charge in [-0.1, -0.05) is 54.3 Å². The second-order valence-corrected chi connectivity index (χ2v) is 10.8. The first-order chi connectivity index (χ1) is 18.6. The van der Waals surface area contributed by atoms with Gasteiger partial charge in [-0.25, -0.2) is 13.6 Å². The number of nitrogens with zero attached hydrogens (tertiary/aromatic N) is 2. The van der Waals surface area contributed by atoms with E-state index in [2.05, 4.69) is 11.6 Å². The van der Waals surface area contributed by atoms with Crippen molar-refractivity contribution >= 4 is 33.6 Å². The predicted molar refractivity (Wildman–Crippen MR) is 146 cm³/mol. The molecule has 1 aromatic heterocycles. The van der Waals surface area contributed by atoms with Gasteiger partial charge in [0.2, 0.25) is 11.8 Å². The molecular weight excluding hydrogens is 528 g/mol. The molecule has 39 heavy (non-hydrogen) atoms. The smallest absolute Gasteiger partial charge is 0.407 e. The first-order valence-electron chi connectivity index (χ1n) is 12.8. The minimum Gasteiger partial charge on any atom is -0.506 e. The normalized spacial score (nSPS) is 16.1. The number of carbonyl (C=O) groups is 2. The highest BCUT2D eigenvalue weighted by atomic mass is 32.1. The number of amides is 2. The molecule has 0 saturated heterocycles. The molecule has 0 spiro atoms. The SMILES string of the molecule is C=CC(=O)N(CCN(CC(Cc1ccccc1)c1ccc(O)c2[nH]c(=O)sc12)C(=O)O)C1CCC(F)(F)CC1. The van der Waals surface area contributed by atoms with Crippen molar-refractivity contribution in [1.29, 1.82) is 0 Å². The molecule has 0 radical (unpaired) electrons. The lowest BCUT2D eigenvalue weighted by Crippen LogP contribution is -2.48. The highest BCUT2D eigenvalue weighted by Crippen LogP contribution is 2.36. The van der Waals surface area contributed by atoms with Crippen molar-refractivity contribution in [3.05, 3.63) is 75.9 Å². The third-order valence-corrected chi connectivity index (χ3v) is 8.19. The first kappa shape index (κ1) is 28.3. The van der Waals surface area contributed by atoms with Crippen LogP contribution in [-0.4, -0.2) is 68.6 Å². The van der Waals surface area contributed by atoms with Crippen LogP contribution in [0.2, 0.25) is 0 Å². The third kappa shape index (κ3) is 6.83. The van der Waals surface area contributed by atoms with Gasteiger partial charge in [-0.2, -0.15) is 0 Å². The number of fused-ring (bicyclic) bond motifs is 1. The number of aromatic hydroxyl groups is 1. The Morgan fingerprint density at radius 2 is 1.85 bits per heavy atom. The molecule has 3 N–H and O–H groups in total. The van der Waals surface area contributed by atoms with Crippen LogP contribution in [-0.2, 0) is 11.2 Å². The Morgan fingerprint density at radius 3 is 2.49 bits per heavy atom. The number of nitrogens with one attached hydrogen (secondary N) is 1. The van der Waals surface area contributed by atoms with E-state index < -0.39 is 24.0 Å². The van der Waals surface area contributed by atoms with Crippen LogP contribution in [0.25, 0.3) is 10.2 Å². The van der Waals surface area contributed by atoms with Gasteiger partial charge in [0.25, 0.3) is 0 Å². The highest BCUT2D eigenvalue weighted by molar-refractivity contribution is 7.16. The fourth-order valence-electron chi connectivity index (χ4n) is 5.22. The summed E-state index contributed by atoms with van der Waals surface area (Å²) >= 11 is 0.949. The van der Waals surface area contributed by atoms with Crippen molar-refractivity contribution in [3.63, 3.8) is 0 Å². The quantitative estimate of drug-likeness (QED) is 0.296. The summed E-state index contributed by atoms with van der Waals surface area (Å²) in [6.45, 7) is 3.58. The van der Waals surface area contributed by atoms with Crippen molar-refractivity contribution in [2.24, 2.45) is 0 Å². The fraction of sp³-hybridized carbons (Fsp3) is 0.393. The fourth-order valence-corrected chi connectivity index (χ4v) is 6.17. The molecule has 1 fully saturated rings. The molecule has 1 unspecified atom stereocenters. The number of H-pyrrole nitrogens is 1. The highest BCUT2D eigenvalue weighted by Gasteiger charge is 2.38. The zero-order valence-electron chi connectivity index (χ0n) is 21.3. The Kier molecular flexibility index (Phi) is 8.69. The van der Waals surface area contributed by atoms with Crippen molar-refractivity contribution in [2.75, 3.05) is 19.6 Å². The van der Waals surface area contributed by atoms with Gasteiger partial charge in [0.1, 0.15) is 11.3 Å². The van der Waals surface area contributed by atoms with Gasteiger partial charge in [-0.3, -0.25) is 9.59 Å². The summed E-state index contributed by atoms with van der Waals surface area (Å²) in [7, 11) is 0. The molecule has 1 heterocycles. The van der Waals surface area contributed by atoms with Gasteiger partial charge in [-0.15, -0.1) is 0 Å². The number of aromatic nitrogens is 1. The number of halogens is 2. The van der Waals surface area contributed by atoms with E-state index in [0.717, 1.165) is 28.5 Å². The van der Waals surface area contributed by atoms with Crippen LogP contribution < -0.4 is 4.87 Å². The number of phenolic OH excluding ortho intramolecular Hbond substituents is 1. The maximum Gasteiger partial charge on any atom is 0.407 e. The van der Waals surface area contributed by atoms with Crippen LogP contribution in [0.4, 0.5) is 13.6 Å². The summed E-state index contributed by atoms with van der Waals surface area (Å²) in [5.74, 6) is -3.63. The standard InChI is InChI=1S/C28H31F2N3O5S/c1-2-23(35)33(20-10-12-28(29,30)13-11-20)15-14-32(27(37)38)17-19(16-18-6-4-3-5-7-18)21-8-9-22(34)24-25(21)39-26(36)31-24/h2-9,19-20,34H,1,10-17H2,(H,31,36)(H,37,38). The number of thiazole rings is 1. The third-order valence-electron chi connectivity index (χ3n) is 7.26. The lowest BCUT2D eigenvalue weighted by atomic mass is 9.90. The van der Waals surface area contributed by atoms with Crippen LogP contribution >= 0.6 is 11.3 Å². The molecule has 4 rings (SSSR count). The van der Waals surface area contributed by atoms with E-state index in [-0.39, 0.29) is 61.9 Å². The first-order valence-corrected chi connectivity index (χ1v) is 13.6. The second-order valence-electron chi connectivity index (χ2n) is 9.83. The number of aromatic amines is 1. The summed E-state index contributed by atoms with van der Waals surface area (Å²) < 4.78 is 28.0. The van der Waals surface area contributed by atoms with Crippen molar-refractivity contribution in [3.8, 4) is 5.75 Å². The van der Waals surface area contributed by atoms with Crippen molar-refractivity contribution < 1.29 is 28.6 Å². The molecule has 3 aromatic rings. The largest absolute Gasteiger partial charge is 0.506 e. The Hall–Kier alpha value is -3.73. The molecule has 2 amide bonds. The molecule has 0 bridgehead atoms. The molecule has 1 aliphatic rings. The summed E-state index contributed by atoms with van der Waals surface area (Å²) in [5, 5.41) is 20.4. The Labute approximate surface area is 228 Å². The minimum absolute atomic E-state index is 0.0301. The number of alkyl halides is 2. The van der Waals surface area contributed by atoms with Crippen LogP contribution in [0.15, 0.2) is 59.9 Å². The van der Waals surface area contributed by atoms with Crippen LogP contribution in [0, 0.1) is 0 Å². The predicted octanol–water partition coefficient (Wildman–Crippen LogP) is 5.19. The molecule has 1 saturated carbocycles. The van der Waals surface area contributed by atoms with Gasteiger partial charge in [0.05, 0.1) is 4.70 Å². The zero-order chi connectivity index (χ0) is 28.2. The summed E-state index contributed by atoms with van der Waals surface area (Å²) in [6.07, 6.45) is 0.0165. The van der Waals surface area contributed by atoms with Gasteiger partial charge in [0.15, 0.2) is 0 Å². The lowest BCUT2D eigenvalue weighted by Gasteiger charge is -2.37. The Balaban J connectivity index is 1.60. The van der Waals surface area contributed by atoms with Crippen molar-refractivity contribution in [1.82, 2.24) is 14.8 Å². The zero-order valence-corrected chi connectivity index (χ0v) is 22.1. The van der Waals surface area contributed by atoms with E-state index in [9.17, 15) is 33.4 Å². The molecule has 11 heteroatoms. The number of benzene rings is 2. The van der Waals surface area contributed by atoms with E-state index in [0.29, 0.717) is 16.6 Å². The van der Waals surface area contributed by atoms with E-state index >= 15 is 0 Å². The monoisotopic (exact) mass is 559 g/mol. The molecule has 1 atom stereocenters. The van der Waals surface area contributed by atoms with Gasteiger partial charge in [-0.05, 0) is 42.5 Å². The van der Waals surface area contributed by atoms with E-state index in [1.165, 1.54) is 15.9 Å². The van der Waals surface area contributed by atoms with Gasteiger partial charge >= 0.3 is 11.0 Å². The van der Waals surface area contributed by atoms with Crippen LogP contribution in [0.1, 0.15) is 42.7 Å². The lowest BCUT2D eigenvalue weighted by molar-refractivity contribution is -0.131. The van der Waals surface area contributed by atoms with Crippen LogP contribution in [0.5, 0.6) is 5.75 Å². The van der Waals surface area contributed by atoms with E-state index in [1.807, 2.05) is 30.3 Å². The Bertz CT molecular complexity index is 1380. The van der Waals surface area contributed by atoms with E-state index in [1.54, 1.807) is 6.07 Å². The minimum atomic E-state index is -2.75. The average molecular weight is 560 g/mol. The van der Waals surface area contributed by atoms with Gasteiger partial charge < -0.3 is 25.0 Å². The molecule has 0 aliphatic heterocycles. The Morgan fingerprint density at radius 1 is 1.15 bits per heavy atom. The number of phenols is 1. The number of hydrogen-bond donors (Lipinski definition) is 3. The maximum atomic E-state index is 13.7. The topological polar surface area (TPSA) is 114 Å². The molecule has 8 nitrogen and oxygen atoms in total. The molecule has 2 aromatic carbocycles. The maximum absolute atomic E-state index is 13.7. The summed E-state index contributed by atoms with van der Waals surface area (Å²) in [6, 6.07) is 12.3. The average Bonchev–Trinajstić information content (AvgIpc) is 3.31. The molecular formula is C28H31F2N3O5S. The number of hydrogen-bond acceptors (Lipinski definition) is 5. The number of carbonyl (C=O) groups excluding carboxylic acids is 1. The van der Waals surface area contributed by atoms with Crippen molar-refractivity contribution in [2.45, 2.75) is 50.0 Å². The molecule has 1 aliphatic carbocycles. The van der Waals surface area contributed by atoms with Crippen LogP contribution in [0.3, 0.4) is 0 Å². The number of carboxylic acid groups (broad SMARTS) is 1. The van der Waals surface area contributed by atoms with E-state index in [4.69, 9.17) is 0 Å². The second kappa shape index (κ2) is 12.0. The summed E-state index contributed by atoms with van der Waals surface area (Å²) in [5.41, 5.74) is 1.98. The number of rotatable bonds is 10.